The van der Waals surface area contributed by atoms with Crippen molar-refractivity contribution in [3.8, 4) is 0 Å². The molecule has 88 valence electrons. The molecule has 1 aliphatic rings. The molecule has 3 heteroatoms. The maximum absolute atomic E-state index is 4.14. The molecule has 0 aromatic carbocycles. The fraction of sp³-hybridized carbons (Fsp3) is 0.615. The molecule has 1 aromatic heterocycles. The van der Waals surface area contributed by atoms with Crippen molar-refractivity contribution in [3.05, 3.63) is 24.0 Å². The largest absolute Gasteiger partial charge is 0.374 e. The molecule has 0 atom stereocenters. The van der Waals surface area contributed by atoms with Crippen molar-refractivity contribution < 1.29 is 0 Å². The number of hydrogen-bond donors (Lipinski definition) is 1. The number of nitrogens with one attached hydrogen (secondary N) is 1. The van der Waals surface area contributed by atoms with Gasteiger partial charge in [0.05, 0.1) is 0 Å². The molecule has 1 aliphatic heterocycles. The van der Waals surface area contributed by atoms with E-state index in [1.807, 2.05) is 12.4 Å². The van der Waals surface area contributed by atoms with Gasteiger partial charge in [-0.05, 0) is 50.4 Å². The van der Waals surface area contributed by atoms with Crippen LogP contribution in [0.2, 0.25) is 0 Å². The van der Waals surface area contributed by atoms with Crippen molar-refractivity contribution >= 4 is 5.69 Å². The van der Waals surface area contributed by atoms with E-state index in [1.54, 1.807) is 0 Å². The highest BCUT2D eigenvalue weighted by molar-refractivity contribution is 5.50. The maximum Gasteiger partial charge on any atom is 0.0424 e. The van der Waals surface area contributed by atoms with E-state index in [2.05, 4.69) is 35.2 Å². The van der Waals surface area contributed by atoms with Gasteiger partial charge in [0.15, 0.2) is 0 Å². The fourth-order valence-corrected chi connectivity index (χ4v) is 2.44. The summed E-state index contributed by atoms with van der Waals surface area (Å²) in [6.45, 7) is 5.63. The zero-order valence-corrected chi connectivity index (χ0v) is 10.2. The predicted molar refractivity (Wildman–Crippen MR) is 67.8 cm³/mol. The third-order valence-electron chi connectivity index (χ3n) is 3.39. The number of piperidine rings is 1. The first-order chi connectivity index (χ1) is 7.77. The van der Waals surface area contributed by atoms with Gasteiger partial charge in [0, 0.05) is 31.7 Å². The summed E-state index contributed by atoms with van der Waals surface area (Å²) in [5.74, 6) is 0.832. The summed E-state index contributed by atoms with van der Waals surface area (Å²) >= 11 is 0. The molecular weight excluding hydrogens is 198 g/mol. The van der Waals surface area contributed by atoms with E-state index in [-0.39, 0.29) is 0 Å². The van der Waals surface area contributed by atoms with Crippen LogP contribution in [-0.2, 0) is 0 Å². The van der Waals surface area contributed by atoms with Crippen LogP contribution in [0.25, 0.3) is 0 Å². The SMILES string of the molecule is Cc1cnccc1N(C)CC1CCNCC1. The lowest BCUT2D eigenvalue weighted by molar-refractivity contribution is 0.378. The summed E-state index contributed by atoms with van der Waals surface area (Å²) in [4.78, 5) is 6.51. The molecule has 0 spiro atoms. The van der Waals surface area contributed by atoms with Crippen LogP contribution in [-0.4, -0.2) is 31.7 Å². The highest BCUT2D eigenvalue weighted by Gasteiger charge is 2.15. The third-order valence-corrected chi connectivity index (χ3v) is 3.39. The molecule has 3 nitrogen and oxygen atoms in total. The summed E-state index contributed by atoms with van der Waals surface area (Å²) in [5.41, 5.74) is 2.58. The van der Waals surface area contributed by atoms with E-state index in [4.69, 9.17) is 0 Å². The molecule has 0 radical (unpaired) electrons. The second-order valence-corrected chi connectivity index (χ2v) is 4.74. The first-order valence-electron chi connectivity index (χ1n) is 6.10. The Morgan fingerprint density at radius 2 is 2.19 bits per heavy atom. The number of anilines is 1. The summed E-state index contributed by atoms with van der Waals surface area (Å²) in [5, 5.41) is 3.41. The van der Waals surface area contributed by atoms with Gasteiger partial charge >= 0.3 is 0 Å². The van der Waals surface area contributed by atoms with Gasteiger partial charge in [-0.15, -0.1) is 0 Å². The van der Waals surface area contributed by atoms with Crippen LogP contribution in [0.5, 0.6) is 0 Å². The number of aryl methyl sites for hydroxylation is 1. The van der Waals surface area contributed by atoms with Crippen molar-refractivity contribution in [2.75, 3.05) is 31.6 Å². The van der Waals surface area contributed by atoms with Gasteiger partial charge in [0.25, 0.3) is 0 Å². The van der Waals surface area contributed by atoms with Gasteiger partial charge in [-0.2, -0.15) is 0 Å². The van der Waals surface area contributed by atoms with Gasteiger partial charge in [-0.3, -0.25) is 4.98 Å². The second-order valence-electron chi connectivity index (χ2n) is 4.74. The lowest BCUT2D eigenvalue weighted by atomic mass is 9.97. The zero-order chi connectivity index (χ0) is 11.4. The Morgan fingerprint density at radius 1 is 1.44 bits per heavy atom. The summed E-state index contributed by atoms with van der Waals surface area (Å²) in [7, 11) is 2.18. The van der Waals surface area contributed by atoms with E-state index < -0.39 is 0 Å². The maximum atomic E-state index is 4.14. The van der Waals surface area contributed by atoms with E-state index in [9.17, 15) is 0 Å². The average molecular weight is 219 g/mol. The highest BCUT2D eigenvalue weighted by Crippen LogP contribution is 2.20. The molecule has 0 saturated carbocycles. The highest BCUT2D eigenvalue weighted by atomic mass is 15.1. The third kappa shape index (κ3) is 2.73. The van der Waals surface area contributed by atoms with Crippen molar-refractivity contribution in [1.29, 1.82) is 0 Å². The minimum Gasteiger partial charge on any atom is -0.374 e. The smallest absolute Gasteiger partial charge is 0.0424 e. The Balaban J connectivity index is 1.96. The molecule has 1 fully saturated rings. The minimum absolute atomic E-state index is 0.832. The second kappa shape index (κ2) is 5.30. The monoisotopic (exact) mass is 219 g/mol. The van der Waals surface area contributed by atoms with Crippen LogP contribution >= 0.6 is 0 Å². The van der Waals surface area contributed by atoms with Crippen LogP contribution < -0.4 is 10.2 Å². The summed E-state index contributed by atoms with van der Waals surface area (Å²) in [6.07, 6.45) is 6.42. The van der Waals surface area contributed by atoms with Gasteiger partial charge < -0.3 is 10.2 Å². The fourth-order valence-electron chi connectivity index (χ4n) is 2.44. The van der Waals surface area contributed by atoms with Crippen LogP contribution in [0, 0.1) is 12.8 Å². The zero-order valence-electron chi connectivity index (χ0n) is 10.2. The minimum atomic E-state index is 0.832. The number of hydrogen-bond acceptors (Lipinski definition) is 3. The predicted octanol–water partition coefficient (Wildman–Crippen LogP) is 1.83. The first kappa shape index (κ1) is 11.4. The van der Waals surface area contributed by atoms with Crippen molar-refractivity contribution in [1.82, 2.24) is 10.3 Å². The molecule has 1 aromatic rings. The van der Waals surface area contributed by atoms with E-state index in [0.29, 0.717) is 0 Å². The molecule has 0 aliphatic carbocycles. The Hall–Kier alpha value is -1.09. The molecule has 0 bridgehead atoms. The van der Waals surface area contributed by atoms with Gasteiger partial charge in [-0.25, -0.2) is 0 Å². The van der Waals surface area contributed by atoms with Crippen molar-refractivity contribution in [2.24, 2.45) is 5.92 Å². The van der Waals surface area contributed by atoms with Gasteiger partial charge in [-0.1, -0.05) is 0 Å². The molecule has 16 heavy (non-hydrogen) atoms. The van der Waals surface area contributed by atoms with Crippen molar-refractivity contribution in [2.45, 2.75) is 19.8 Å². The van der Waals surface area contributed by atoms with E-state index in [1.165, 1.54) is 37.2 Å². The molecule has 2 heterocycles. The number of nitrogens with zero attached hydrogens (tertiary/aromatic N) is 2. The summed E-state index contributed by atoms with van der Waals surface area (Å²) < 4.78 is 0. The number of pyridine rings is 1. The Labute approximate surface area is 97.9 Å². The molecule has 0 unspecified atom stereocenters. The number of aromatic nitrogens is 1. The Morgan fingerprint density at radius 3 is 2.88 bits per heavy atom. The van der Waals surface area contributed by atoms with Crippen molar-refractivity contribution in [3.63, 3.8) is 0 Å². The molecule has 0 amide bonds. The molecule has 1 saturated heterocycles. The molecule has 1 N–H and O–H groups in total. The van der Waals surface area contributed by atoms with Crippen LogP contribution in [0.15, 0.2) is 18.5 Å². The lowest BCUT2D eigenvalue weighted by Crippen LogP contribution is -2.34. The van der Waals surface area contributed by atoms with Crippen LogP contribution in [0.3, 0.4) is 0 Å². The van der Waals surface area contributed by atoms with E-state index >= 15 is 0 Å². The molecule has 2 rings (SSSR count). The van der Waals surface area contributed by atoms with Gasteiger partial charge in [0.1, 0.15) is 0 Å². The number of rotatable bonds is 3. The first-order valence-corrected chi connectivity index (χ1v) is 6.10. The van der Waals surface area contributed by atoms with Crippen LogP contribution in [0.4, 0.5) is 5.69 Å². The lowest BCUT2D eigenvalue weighted by Gasteiger charge is -2.29. The quantitative estimate of drug-likeness (QED) is 0.840. The topological polar surface area (TPSA) is 28.2 Å². The standard InChI is InChI=1S/C13H21N3/c1-11-9-15-8-5-13(11)16(2)10-12-3-6-14-7-4-12/h5,8-9,12,14H,3-4,6-7,10H2,1-2H3. The van der Waals surface area contributed by atoms with E-state index in [0.717, 1.165) is 12.5 Å². The average Bonchev–Trinajstić information content (AvgIpc) is 2.31. The summed E-state index contributed by atoms with van der Waals surface area (Å²) in [6, 6.07) is 2.11. The Kier molecular flexibility index (Phi) is 3.78. The normalized spacial score (nSPS) is 17.4. The van der Waals surface area contributed by atoms with Crippen LogP contribution in [0.1, 0.15) is 18.4 Å². The molecular formula is C13H21N3. The van der Waals surface area contributed by atoms with Gasteiger partial charge in [0.2, 0.25) is 0 Å². The Bertz CT molecular complexity index is 332.